The summed E-state index contributed by atoms with van der Waals surface area (Å²) in [7, 11) is 1.26. The number of nitrogens with zero attached hydrogens (tertiary/aromatic N) is 1. The molecule has 1 saturated heterocycles. The summed E-state index contributed by atoms with van der Waals surface area (Å²) in [5.74, 6) is -1.01. The van der Waals surface area contributed by atoms with Gasteiger partial charge in [0.2, 0.25) is 5.91 Å². The van der Waals surface area contributed by atoms with Crippen LogP contribution in [0.5, 0.6) is 0 Å². The van der Waals surface area contributed by atoms with Gasteiger partial charge in [0, 0.05) is 22.3 Å². The lowest BCUT2D eigenvalue weighted by atomic mass is 10.1. The van der Waals surface area contributed by atoms with Gasteiger partial charge in [0.25, 0.3) is 11.1 Å². The normalized spacial score (nSPS) is 14.4. The van der Waals surface area contributed by atoms with Crippen molar-refractivity contribution in [1.82, 2.24) is 4.90 Å². The molecule has 184 valence electrons. The molecule has 0 spiro atoms. The number of hydrogen-bond donors (Lipinski definition) is 1. The number of ether oxygens (including phenoxy) is 1. The molecule has 2 aromatic carbocycles. The summed E-state index contributed by atoms with van der Waals surface area (Å²) in [6, 6.07) is 13.1. The first-order chi connectivity index (χ1) is 17.2. The number of carbonyl (C=O) groups is 4. The molecule has 3 aromatic rings. The van der Waals surface area contributed by atoms with Gasteiger partial charge in [0.15, 0.2) is 0 Å². The molecule has 1 aliphatic rings. The number of methoxy groups -OCH3 is 1. The minimum atomic E-state index is -0.611. The quantitative estimate of drug-likeness (QED) is 0.298. The molecule has 1 aliphatic heterocycles. The van der Waals surface area contributed by atoms with Crippen molar-refractivity contribution in [3.05, 3.63) is 80.4 Å². The second-order valence-corrected chi connectivity index (χ2v) is 9.50. The maximum Gasteiger partial charge on any atom is 0.339 e. The van der Waals surface area contributed by atoms with Gasteiger partial charge in [-0.3, -0.25) is 19.3 Å². The Hall–Kier alpha value is -3.53. The molecule has 2 heterocycles. The fraction of sp³-hybridized carbons (Fsp3) is 0.120. The molecule has 0 unspecified atom stereocenters. The Balaban J connectivity index is 1.48. The van der Waals surface area contributed by atoms with E-state index in [4.69, 9.17) is 32.4 Å². The third-order valence-electron chi connectivity index (χ3n) is 5.21. The van der Waals surface area contributed by atoms with E-state index in [-0.39, 0.29) is 15.5 Å². The standard InChI is InChI=1S/C25H18Cl2N2O6S/c1-13-3-5-15(26)10-19(13)28-22(30)12-29-23(31)21(36-25(29)33)11-16-6-8-20(35-16)14-4-7-18(27)17(9-14)24(32)34-2/h3-11H,12H2,1-2H3,(H,28,30)/b21-11+. The second-order valence-electron chi connectivity index (χ2n) is 7.66. The van der Waals surface area contributed by atoms with Crippen LogP contribution in [-0.4, -0.2) is 41.6 Å². The zero-order valence-electron chi connectivity index (χ0n) is 19.0. The fourth-order valence-corrected chi connectivity index (χ4v) is 4.54. The maximum atomic E-state index is 12.8. The van der Waals surface area contributed by atoms with E-state index in [1.807, 2.05) is 0 Å². The van der Waals surface area contributed by atoms with Crippen LogP contribution in [0.15, 0.2) is 57.9 Å². The van der Waals surface area contributed by atoms with Gasteiger partial charge in [-0.25, -0.2) is 4.79 Å². The van der Waals surface area contributed by atoms with Crippen molar-refractivity contribution in [2.24, 2.45) is 0 Å². The third kappa shape index (κ3) is 5.48. The van der Waals surface area contributed by atoms with E-state index in [1.54, 1.807) is 49.4 Å². The molecular formula is C25H18Cl2N2O6S. The van der Waals surface area contributed by atoms with Crippen LogP contribution in [0.25, 0.3) is 17.4 Å². The first-order valence-electron chi connectivity index (χ1n) is 10.5. The highest BCUT2D eigenvalue weighted by Crippen LogP contribution is 2.34. The van der Waals surface area contributed by atoms with Gasteiger partial charge in [-0.05, 0) is 66.7 Å². The molecular weight excluding hydrogens is 527 g/mol. The number of aryl methyl sites for hydroxylation is 1. The summed E-state index contributed by atoms with van der Waals surface area (Å²) >= 11 is 12.7. The zero-order valence-corrected chi connectivity index (χ0v) is 21.3. The predicted octanol–water partition coefficient (Wildman–Crippen LogP) is 6.02. The van der Waals surface area contributed by atoms with Crippen molar-refractivity contribution in [2.75, 3.05) is 19.0 Å². The lowest BCUT2D eigenvalue weighted by Gasteiger charge is -2.13. The minimum Gasteiger partial charge on any atom is -0.465 e. The van der Waals surface area contributed by atoms with Crippen LogP contribution in [-0.2, 0) is 14.3 Å². The Morgan fingerprint density at radius 1 is 1.11 bits per heavy atom. The number of carbonyl (C=O) groups excluding carboxylic acids is 4. The Kier molecular flexibility index (Phi) is 7.53. The number of amides is 3. The zero-order chi connectivity index (χ0) is 26.0. The number of imide groups is 1. The molecule has 0 atom stereocenters. The maximum absolute atomic E-state index is 12.8. The van der Waals surface area contributed by atoms with Crippen molar-refractivity contribution in [1.29, 1.82) is 0 Å². The Morgan fingerprint density at radius 2 is 1.89 bits per heavy atom. The van der Waals surface area contributed by atoms with Crippen molar-refractivity contribution < 1.29 is 28.3 Å². The van der Waals surface area contributed by atoms with Crippen LogP contribution in [0.3, 0.4) is 0 Å². The van der Waals surface area contributed by atoms with Crippen LogP contribution < -0.4 is 5.32 Å². The second kappa shape index (κ2) is 10.6. The van der Waals surface area contributed by atoms with Crippen molar-refractivity contribution >= 4 is 69.8 Å². The highest BCUT2D eigenvalue weighted by Gasteiger charge is 2.36. The van der Waals surface area contributed by atoms with Gasteiger partial charge in [-0.2, -0.15) is 0 Å². The van der Waals surface area contributed by atoms with E-state index in [9.17, 15) is 19.2 Å². The molecule has 8 nitrogen and oxygen atoms in total. The van der Waals surface area contributed by atoms with Crippen LogP contribution in [0.1, 0.15) is 21.7 Å². The molecule has 1 N–H and O–H groups in total. The lowest BCUT2D eigenvalue weighted by Crippen LogP contribution is -2.36. The molecule has 36 heavy (non-hydrogen) atoms. The van der Waals surface area contributed by atoms with E-state index in [0.717, 1.165) is 10.5 Å². The van der Waals surface area contributed by atoms with E-state index in [1.165, 1.54) is 19.3 Å². The Labute approximate surface area is 220 Å². The van der Waals surface area contributed by atoms with Crippen LogP contribution in [0.4, 0.5) is 10.5 Å². The van der Waals surface area contributed by atoms with E-state index >= 15 is 0 Å². The van der Waals surface area contributed by atoms with Gasteiger partial charge in [-0.15, -0.1) is 0 Å². The smallest absolute Gasteiger partial charge is 0.339 e. The van der Waals surface area contributed by atoms with Gasteiger partial charge < -0.3 is 14.5 Å². The Morgan fingerprint density at radius 3 is 2.64 bits per heavy atom. The number of benzene rings is 2. The molecule has 1 aromatic heterocycles. The molecule has 3 amide bonds. The summed E-state index contributed by atoms with van der Waals surface area (Å²) in [4.78, 5) is 50.6. The van der Waals surface area contributed by atoms with Crippen LogP contribution >= 0.6 is 35.0 Å². The highest BCUT2D eigenvalue weighted by molar-refractivity contribution is 8.18. The predicted molar refractivity (Wildman–Crippen MR) is 138 cm³/mol. The average Bonchev–Trinajstić information content (AvgIpc) is 3.41. The van der Waals surface area contributed by atoms with E-state index in [2.05, 4.69) is 5.32 Å². The lowest BCUT2D eigenvalue weighted by molar-refractivity contribution is -0.127. The molecule has 1 fully saturated rings. The molecule has 0 aliphatic carbocycles. The monoisotopic (exact) mass is 544 g/mol. The number of thioether (sulfide) groups is 1. The molecule has 0 bridgehead atoms. The van der Waals surface area contributed by atoms with Gasteiger partial charge in [0.05, 0.1) is 22.6 Å². The van der Waals surface area contributed by atoms with Crippen molar-refractivity contribution in [2.45, 2.75) is 6.92 Å². The van der Waals surface area contributed by atoms with Crippen molar-refractivity contribution in [3.8, 4) is 11.3 Å². The number of rotatable bonds is 6. The Bertz CT molecular complexity index is 1430. The molecule has 4 rings (SSSR count). The first-order valence-corrected chi connectivity index (χ1v) is 12.0. The minimum absolute atomic E-state index is 0.110. The largest absolute Gasteiger partial charge is 0.465 e. The molecule has 0 radical (unpaired) electrons. The number of hydrogen-bond acceptors (Lipinski definition) is 7. The SMILES string of the molecule is COC(=O)c1cc(-c2ccc(/C=C3/SC(=O)N(CC(=O)Nc4cc(Cl)ccc4C)C3=O)o2)ccc1Cl. The third-order valence-corrected chi connectivity index (χ3v) is 6.68. The van der Waals surface area contributed by atoms with Crippen molar-refractivity contribution in [3.63, 3.8) is 0 Å². The summed E-state index contributed by atoms with van der Waals surface area (Å²) in [6.45, 7) is 1.35. The summed E-state index contributed by atoms with van der Waals surface area (Å²) in [5, 5.41) is 2.78. The summed E-state index contributed by atoms with van der Waals surface area (Å²) in [5.41, 5.74) is 2.04. The number of anilines is 1. The van der Waals surface area contributed by atoms with E-state index in [0.29, 0.717) is 39.6 Å². The topological polar surface area (TPSA) is 106 Å². The molecule has 0 saturated carbocycles. The number of esters is 1. The summed E-state index contributed by atoms with van der Waals surface area (Å²) in [6.07, 6.45) is 1.42. The average molecular weight is 545 g/mol. The summed E-state index contributed by atoms with van der Waals surface area (Å²) < 4.78 is 10.5. The van der Waals surface area contributed by atoms with Crippen LogP contribution in [0.2, 0.25) is 10.0 Å². The fourth-order valence-electron chi connectivity index (χ4n) is 3.36. The number of nitrogens with one attached hydrogen (secondary N) is 1. The van der Waals surface area contributed by atoms with Crippen LogP contribution in [0, 0.1) is 6.92 Å². The van der Waals surface area contributed by atoms with Gasteiger partial charge in [0.1, 0.15) is 18.1 Å². The first kappa shape index (κ1) is 25.6. The number of furan rings is 1. The van der Waals surface area contributed by atoms with Gasteiger partial charge >= 0.3 is 5.97 Å². The van der Waals surface area contributed by atoms with E-state index < -0.39 is 29.6 Å². The van der Waals surface area contributed by atoms with Gasteiger partial charge in [-0.1, -0.05) is 29.3 Å². The highest BCUT2D eigenvalue weighted by atomic mass is 35.5. The molecule has 11 heteroatoms. The number of halogens is 2.